The minimum Gasteiger partial charge on any atom is -0.510 e. The van der Waals surface area contributed by atoms with Crippen molar-refractivity contribution in [2.75, 3.05) is 20.8 Å². The lowest BCUT2D eigenvalue weighted by Gasteiger charge is -2.33. The van der Waals surface area contributed by atoms with Gasteiger partial charge < -0.3 is 24.5 Å². The number of methoxy groups -OCH3 is 2. The van der Waals surface area contributed by atoms with Gasteiger partial charge in [-0.15, -0.1) is 0 Å². The van der Waals surface area contributed by atoms with Gasteiger partial charge in [0.15, 0.2) is 11.5 Å². The number of aliphatic hydroxyl groups is 1. The molecule has 4 rings (SSSR count). The molecule has 30 heavy (non-hydrogen) atoms. The number of rotatable bonds is 6. The zero-order valence-corrected chi connectivity index (χ0v) is 17.6. The van der Waals surface area contributed by atoms with Crippen LogP contribution >= 0.6 is 0 Å². The van der Waals surface area contributed by atoms with Crippen LogP contribution in [0.2, 0.25) is 0 Å². The normalized spacial score (nSPS) is 15.4. The number of hydrogen-bond donors (Lipinski definition) is 3. The molecule has 1 aliphatic rings. The zero-order valence-electron chi connectivity index (χ0n) is 17.6. The molecule has 156 valence electrons. The van der Waals surface area contributed by atoms with Crippen LogP contribution in [0.4, 0.5) is 0 Å². The van der Waals surface area contributed by atoms with Crippen molar-refractivity contribution in [2.45, 2.75) is 19.9 Å². The largest absolute Gasteiger partial charge is 0.510 e. The molecule has 1 atom stereocenters. The van der Waals surface area contributed by atoms with Crippen LogP contribution < -0.4 is 9.47 Å². The number of para-hydroxylation sites is 2. The molecular formula is C23H26N4O3. The number of hydrogen-bond acceptors (Lipinski definition) is 5. The summed E-state index contributed by atoms with van der Waals surface area (Å²) in [6, 6.07) is 13.3. The Morgan fingerprint density at radius 2 is 1.83 bits per heavy atom. The van der Waals surface area contributed by atoms with Gasteiger partial charge in [-0.3, -0.25) is 5.41 Å². The minimum atomic E-state index is -0.124. The number of ether oxygens (including phenoxy) is 2. The molecule has 0 amide bonds. The van der Waals surface area contributed by atoms with Crippen molar-refractivity contribution >= 4 is 22.4 Å². The molecule has 2 heterocycles. The number of aromatic nitrogens is 2. The van der Waals surface area contributed by atoms with Gasteiger partial charge in [0.1, 0.15) is 17.4 Å². The van der Waals surface area contributed by atoms with Crippen LogP contribution in [-0.4, -0.2) is 46.6 Å². The van der Waals surface area contributed by atoms with Crippen molar-refractivity contribution in [3.05, 3.63) is 59.6 Å². The highest BCUT2D eigenvalue weighted by molar-refractivity contribution is 6.23. The van der Waals surface area contributed by atoms with Gasteiger partial charge in [-0.05, 0) is 35.7 Å². The van der Waals surface area contributed by atoms with Gasteiger partial charge >= 0.3 is 0 Å². The maximum atomic E-state index is 10.8. The quantitative estimate of drug-likeness (QED) is 0.559. The van der Waals surface area contributed by atoms with Gasteiger partial charge in [0.05, 0.1) is 43.4 Å². The number of amidine groups is 1. The molecule has 7 heteroatoms. The van der Waals surface area contributed by atoms with Crippen LogP contribution in [0.25, 0.3) is 16.6 Å². The van der Waals surface area contributed by atoms with Crippen LogP contribution in [0.5, 0.6) is 11.5 Å². The average Bonchev–Trinajstić information content (AvgIpc) is 3.27. The van der Waals surface area contributed by atoms with Gasteiger partial charge in [0, 0.05) is 0 Å². The predicted octanol–water partition coefficient (Wildman–Crippen LogP) is 4.54. The first-order valence-corrected chi connectivity index (χ1v) is 9.89. The number of aliphatic hydroxyl groups excluding tert-OH is 1. The van der Waals surface area contributed by atoms with E-state index in [0.717, 1.165) is 16.6 Å². The van der Waals surface area contributed by atoms with Crippen LogP contribution in [0.1, 0.15) is 31.3 Å². The second-order valence-electron chi connectivity index (χ2n) is 7.70. The third kappa shape index (κ3) is 3.26. The third-order valence-corrected chi connectivity index (χ3v) is 5.48. The monoisotopic (exact) mass is 406 g/mol. The van der Waals surface area contributed by atoms with E-state index in [1.165, 1.54) is 0 Å². The molecule has 7 nitrogen and oxygen atoms in total. The lowest BCUT2D eigenvalue weighted by Crippen LogP contribution is -2.34. The summed E-state index contributed by atoms with van der Waals surface area (Å²) in [5, 5.41) is 19.6. The number of nitrogens with one attached hydrogen (secondary N) is 2. The highest BCUT2D eigenvalue weighted by Gasteiger charge is 2.36. The number of fused-ring (bicyclic) bond motifs is 1. The van der Waals surface area contributed by atoms with E-state index in [1.807, 2.05) is 47.4 Å². The van der Waals surface area contributed by atoms with Gasteiger partial charge in [-0.2, -0.15) is 0 Å². The molecular weight excluding hydrogens is 380 g/mol. The molecule has 3 aromatic rings. The molecule has 1 aromatic heterocycles. The second kappa shape index (κ2) is 7.74. The van der Waals surface area contributed by atoms with Crippen LogP contribution in [-0.2, 0) is 0 Å². The van der Waals surface area contributed by atoms with E-state index in [1.54, 1.807) is 14.2 Å². The number of imidazole rings is 1. The SMILES string of the molecule is COc1ccc([C@@H](C(C)C)N2CC(O)=C(c3nc4ccccc4[nH]3)C2=N)cc1OC. The lowest BCUT2D eigenvalue weighted by molar-refractivity contribution is 0.247. The van der Waals surface area contributed by atoms with Gasteiger partial charge in [0.25, 0.3) is 0 Å². The molecule has 0 aliphatic carbocycles. The third-order valence-electron chi connectivity index (χ3n) is 5.48. The highest BCUT2D eigenvalue weighted by Crippen LogP contribution is 2.39. The molecule has 1 aliphatic heterocycles. The summed E-state index contributed by atoms with van der Waals surface area (Å²) < 4.78 is 10.8. The van der Waals surface area contributed by atoms with Crippen LogP contribution in [0, 0.1) is 11.3 Å². The molecule has 3 N–H and O–H groups in total. The van der Waals surface area contributed by atoms with Crippen LogP contribution in [0.3, 0.4) is 0 Å². The van der Waals surface area contributed by atoms with E-state index in [4.69, 9.17) is 14.9 Å². The Balaban J connectivity index is 1.70. The standard InChI is InChI=1S/C23H26N4O3/c1-13(2)21(14-9-10-18(29-3)19(11-14)30-4)27-12-17(28)20(22(27)24)23-25-15-7-5-6-8-16(15)26-23/h5-11,13,21,24,28H,12H2,1-4H3,(H,25,26)/t21-/m1/s1. The number of aromatic amines is 1. The van der Waals surface area contributed by atoms with Crippen LogP contribution in [0.15, 0.2) is 48.2 Å². The summed E-state index contributed by atoms with van der Waals surface area (Å²) in [7, 11) is 3.21. The van der Waals surface area contributed by atoms with E-state index < -0.39 is 0 Å². The van der Waals surface area contributed by atoms with Gasteiger partial charge in [0.2, 0.25) is 0 Å². The molecule has 0 bridgehead atoms. The summed E-state index contributed by atoms with van der Waals surface area (Å²) in [6.07, 6.45) is 0. The maximum absolute atomic E-state index is 10.8. The Hall–Kier alpha value is -3.48. The molecule has 0 saturated heterocycles. The fraction of sp³-hybridized carbons (Fsp3) is 0.304. The number of H-pyrrole nitrogens is 1. The lowest BCUT2D eigenvalue weighted by atomic mass is 9.94. The first kappa shape index (κ1) is 19.8. The average molecular weight is 406 g/mol. The Morgan fingerprint density at radius 1 is 1.10 bits per heavy atom. The van der Waals surface area contributed by atoms with Crippen molar-refractivity contribution in [3.8, 4) is 11.5 Å². The summed E-state index contributed by atoms with van der Waals surface area (Å²) in [6.45, 7) is 4.46. The summed E-state index contributed by atoms with van der Waals surface area (Å²) >= 11 is 0. The Labute approximate surface area is 175 Å². The fourth-order valence-electron chi connectivity index (χ4n) is 4.12. The minimum absolute atomic E-state index is 0.124. The Bertz CT molecular complexity index is 1100. The molecule has 0 spiro atoms. The summed E-state index contributed by atoms with van der Waals surface area (Å²) in [5.74, 6) is 2.39. The van der Waals surface area contributed by atoms with Crippen molar-refractivity contribution in [1.82, 2.24) is 14.9 Å². The first-order valence-electron chi connectivity index (χ1n) is 9.89. The highest BCUT2D eigenvalue weighted by atomic mass is 16.5. The van der Waals surface area contributed by atoms with E-state index in [0.29, 0.717) is 22.9 Å². The van der Waals surface area contributed by atoms with E-state index in [9.17, 15) is 5.11 Å². The molecule has 0 radical (unpaired) electrons. The maximum Gasteiger partial charge on any atom is 0.161 e. The van der Waals surface area contributed by atoms with E-state index in [2.05, 4.69) is 23.8 Å². The summed E-state index contributed by atoms with van der Waals surface area (Å²) in [4.78, 5) is 9.71. The molecule has 0 unspecified atom stereocenters. The summed E-state index contributed by atoms with van der Waals surface area (Å²) in [5.41, 5.74) is 3.11. The molecule has 0 saturated carbocycles. The molecule has 0 fully saturated rings. The smallest absolute Gasteiger partial charge is 0.161 e. The number of benzene rings is 2. The van der Waals surface area contributed by atoms with Gasteiger partial charge in [-0.25, -0.2) is 4.98 Å². The fourth-order valence-corrected chi connectivity index (χ4v) is 4.12. The van der Waals surface area contributed by atoms with Crippen molar-refractivity contribution < 1.29 is 14.6 Å². The van der Waals surface area contributed by atoms with Crippen molar-refractivity contribution in [2.24, 2.45) is 5.92 Å². The van der Waals surface area contributed by atoms with E-state index >= 15 is 0 Å². The van der Waals surface area contributed by atoms with Crippen molar-refractivity contribution in [3.63, 3.8) is 0 Å². The Kier molecular flexibility index (Phi) is 5.11. The zero-order chi connectivity index (χ0) is 21.4. The Morgan fingerprint density at radius 3 is 2.50 bits per heavy atom. The predicted molar refractivity (Wildman–Crippen MR) is 117 cm³/mol. The topological polar surface area (TPSA) is 94.5 Å². The second-order valence-corrected chi connectivity index (χ2v) is 7.70. The number of nitrogens with zero attached hydrogens (tertiary/aromatic N) is 2. The van der Waals surface area contributed by atoms with E-state index in [-0.39, 0.29) is 30.1 Å². The van der Waals surface area contributed by atoms with Crippen molar-refractivity contribution in [1.29, 1.82) is 5.41 Å². The van der Waals surface area contributed by atoms with Gasteiger partial charge in [-0.1, -0.05) is 32.0 Å². The first-order chi connectivity index (χ1) is 14.4. The molecule has 2 aromatic carbocycles.